The lowest BCUT2D eigenvalue weighted by molar-refractivity contribution is 0.400. The van der Waals surface area contributed by atoms with Gasteiger partial charge in [0.25, 0.3) is 0 Å². The summed E-state index contributed by atoms with van der Waals surface area (Å²) < 4.78 is 0. The zero-order chi connectivity index (χ0) is 15.6. The van der Waals surface area contributed by atoms with E-state index >= 15 is 0 Å². The highest BCUT2D eigenvalue weighted by molar-refractivity contribution is 8.93. The summed E-state index contributed by atoms with van der Waals surface area (Å²) in [7, 11) is 2.07. The SMILES string of the molecule is Br.CCC1C=CC=CC1(C1=CCN(C)C=C1)c1ccccc1O. The van der Waals surface area contributed by atoms with Crippen molar-refractivity contribution in [2.45, 2.75) is 18.8 Å². The van der Waals surface area contributed by atoms with Gasteiger partial charge >= 0.3 is 0 Å². The highest BCUT2D eigenvalue weighted by Gasteiger charge is 2.41. The van der Waals surface area contributed by atoms with Gasteiger partial charge in [-0.2, -0.15) is 0 Å². The van der Waals surface area contributed by atoms with Crippen LogP contribution in [0.15, 0.2) is 72.5 Å². The fourth-order valence-corrected chi connectivity index (χ4v) is 3.60. The second-order valence-electron chi connectivity index (χ2n) is 6.06. The number of aromatic hydroxyl groups is 1. The van der Waals surface area contributed by atoms with Gasteiger partial charge in [-0.05, 0) is 36.3 Å². The highest BCUT2D eigenvalue weighted by atomic mass is 79.9. The van der Waals surface area contributed by atoms with Crippen LogP contribution in [0.4, 0.5) is 0 Å². The van der Waals surface area contributed by atoms with Crippen LogP contribution in [0.1, 0.15) is 18.9 Å². The number of likely N-dealkylation sites (N-methyl/N-ethyl adjacent to an activating group) is 1. The maximum absolute atomic E-state index is 10.5. The maximum Gasteiger partial charge on any atom is 0.120 e. The molecular weight excluding hydrogens is 350 g/mol. The Hall–Kier alpha value is -1.74. The van der Waals surface area contributed by atoms with Crippen LogP contribution in [-0.4, -0.2) is 23.6 Å². The topological polar surface area (TPSA) is 23.5 Å². The van der Waals surface area contributed by atoms with Crippen molar-refractivity contribution in [1.82, 2.24) is 4.90 Å². The summed E-state index contributed by atoms with van der Waals surface area (Å²) >= 11 is 0. The van der Waals surface area contributed by atoms with E-state index in [4.69, 9.17) is 0 Å². The van der Waals surface area contributed by atoms with E-state index in [1.807, 2.05) is 12.1 Å². The van der Waals surface area contributed by atoms with Crippen LogP contribution >= 0.6 is 17.0 Å². The molecule has 0 fully saturated rings. The zero-order valence-electron chi connectivity index (χ0n) is 13.6. The molecule has 1 aliphatic heterocycles. The molecule has 0 amide bonds. The molecule has 0 radical (unpaired) electrons. The molecule has 2 nitrogen and oxygen atoms in total. The van der Waals surface area contributed by atoms with E-state index in [2.05, 4.69) is 67.6 Å². The van der Waals surface area contributed by atoms with Crippen LogP contribution in [-0.2, 0) is 5.41 Å². The van der Waals surface area contributed by atoms with Gasteiger partial charge in [-0.1, -0.05) is 55.5 Å². The third kappa shape index (κ3) is 3.02. The summed E-state index contributed by atoms with van der Waals surface area (Å²) in [5.74, 6) is 0.708. The summed E-state index contributed by atoms with van der Waals surface area (Å²) in [6, 6.07) is 7.73. The molecule has 1 aromatic carbocycles. The average Bonchev–Trinajstić information content (AvgIpc) is 2.56. The molecule has 1 aliphatic carbocycles. The molecule has 3 heteroatoms. The van der Waals surface area contributed by atoms with Crippen molar-refractivity contribution in [1.29, 1.82) is 0 Å². The number of para-hydroxylation sites is 1. The van der Waals surface area contributed by atoms with E-state index in [-0.39, 0.29) is 22.4 Å². The van der Waals surface area contributed by atoms with Gasteiger partial charge in [-0.3, -0.25) is 0 Å². The summed E-state index contributed by atoms with van der Waals surface area (Å²) in [5.41, 5.74) is 1.97. The molecule has 0 spiro atoms. The first kappa shape index (κ1) is 17.6. The number of nitrogens with zero attached hydrogens (tertiary/aromatic N) is 1. The molecule has 1 N–H and O–H groups in total. The molecule has 2 atom stereocenters. The minimum absolute atomic E-state index is 0. The maximum atomic E-state index is 10.5. The lowest BCUT2D eigenvalue weighted by Crippen LogP contribution is -2.36. The third-order valence-corrected chi connectivity index (χ3v) is 4.77. The van der Waals surface area contributed by atoms with Gasteiger partial charge in [0.1, 0.15) is 5.75 Å². The van der Waals surface area contributed by atoms with Gasteiger partial charge < -0.3 is 10.0 Å². The Morgan fingerprint density at radius 2 is 2.04 bits per heavy atom. The number of phenols is 1. The van der Waals surface area contributed by atoms with Gasteiger partial charge in [0, 0.05) is 24.6 Å². The predicted molar refractivity (Wildman–Crippen MR) is 102 cm³/mol. The first-order valence-electron chi connectivity index (χ1n) is 7.92. The second kappa shape index (κ2) is 7.22. The lowest BCUT2D eigenvalue weighted by atomic mass is 9.62. The van der Waals surface area contributed by atoms with E-state index in [1.165, 1.54) is 5.57 Å². The van der Waals surface area contributed by atoms with Crippen molar-refractivity contribution >= 4 is 17.0 Å². The van der Waals surface area contributed by atoms with Gasteiger partial charge in [0.2, 0.25) is 0 Å². The van der Waals surface area contributed by atoms with Crippen molar-refractivity contribution in [3.8, 4) is 5.75 Å². The summed E-state index contributed by atoms with van der Waals surface area (Å²) in [5, 5.41) is 10.5. The molecule has 0 bridgehead atoms. The van der Waals surface area contributed by atoms with E-state index in [9.17, 15) is 5.11 Å². The highest BCUT2D eigenvalue weighted by Crippen LogP contribution is 2.48. The zero-order valence-corrected chi connectivity index (χ0v) is 15.4. The molecule has 23 heavy (non-hydrogen) atoms. The predicted octanol–water partition coefficient (Wildman–Crippen LogP) is 4.75. The van der Waals surface area contributed by atoms with Crippen LogP contribution in [0.3, 0.4) is 0 Å². The van der Waals surface area contributed by atoms with E-state index < -0.39 is 0 Å². The van der Waals surface area contributed by atoms with Crippen molar-refractivity contribution in [2.24, 2.45) is 5.92 Å². The molecule has 0 saturated heterocycles. The van der Waals surface area contributed by atoms with Crippen LogP contribution in [0.25, 0.3) is 0 Å². The number of benzene rings is 1. The second-order valence-corrected chi connectivity index (χ2v) is 6.06. The third-order valence-electron chi connectivity index (χ3n) is 4.77. The first-order chi connectivity index (χ1) is 10.7. The van der Waals surface area contributed by atoms with Crippen molar-refractivity contribution < 1.29 is 5.11 Å². The van der Waals surface area contributed by atoms with Gasteiger partial charge in [0.05, 0.1) is 0 Å². The summed E-state index contributed by atoms with van der Waals surface area (Å²) in [4.78, 5) is 2.16. The van der Waals surface area contributed by atoms with E-state index in [0.29, 0.717) is 11.7 Å². The van der Waals surface area contributed by atoms with Crippen molar-refractivity contribution in [3.05, 3.63) is 78.1 Å². The smallest absolute Gasteiger partial charge is 0.120 e. The number of halogens is 1. The number of hydrogen-bond acceptors (Lipinski definition) is 2. The Bertz CT molecular complexity index is 674. The quantitative estimate of drug-likeness (QED) is 0.826. The van der Waals surface area contributed by atoms with Crippen LogP contribution < -0.4 is 0 Å². The molecule has 2 aliphatic rings. The average molecular weight is 374 g/mol. The number of hydrogen-bond donors (Lipinski definition) is 1. The minimum atomic E-state index is -0.285. The Kier molecular flexibility index (Phi) is 5.53. The fourth-order valence-electron chi connectivity index (χ4n) is 3.60. The molecule has 0 aromatic heterocycles. The summed E-state index contributed by atoms with van der Waals surface area (Å²) in [6.07, 6.45) is 16.3. The molecular formula is C20H24BrNO. The van der Waals surface area contributed by atoms with Crippen molar-refractivity contribution in [3.63, 3.8) is 0 Å². The monoisotopic (exact) mass is 373 g/mol. The molecule has 1 heterocycles. The van der Waals surface area contributed by atoms with Gasteiger partial charge in [-0.25, -0.2) is 0 Å². The molecule has 0 saturated carbocycles. The fraction of sp³-hybridized carbons (Fsp3) is 0.300. The summed E-state index contributed by atoms with van der Waals surface area (Å²) in [6.45, 7) is 3.11. The number of allylic oxidation sites excluding steroid dienone is 6. The Labute approximate surface area is 149 Å². The van der Waals surface area contributed by atoms with Crippen LogP contribution in [0.5, 0.6) is 5.75 Å². The molecule has 1 aromatic rings. The lowest BCUT2D eigenvalue weighted by Gasteiger charge is -2.41. The van der Waals surface area contributed by atoms with Gasteiger partial charge in [-0.15, -0.1) is 17.0 Å². The Morgan fingerprint density at radius 1 is 1.26 bits per heavy atom. The van der Waals surface area contributed by atoms with Crippen molar-refractivity contribution in [2.75, 3.05) is 13.6 Å². The Morgan fingerprint density at radius 3 is 2.70 bits per heavy atom. The van der Waals surface area contributed by atoms with E-state index in [1.54, 1.807) is 6.07 Å². The van der Waals surface area contributed by atoms with Crippen LogP contribution in [0.2, 0.25) is 0 Å². The number of rotatable bonds is 3. The molecule has 122 valence electrons. The number of phenolic OH excluding ortho intramolecular Hbond substituents is 1. The first-order valence-corrected chi connectivity index (χ1v) is 7.92. The van der Waals surface area contributed by atoms with E-state index in [0.717, 1.165) is 18.5 Å². The standard InChI is InChI=1S/C20H23NO.BrH/c1-3-16-8-6-7-13-20(16,17-11-14-21(2)15-12-17)18-9-4-5-10-19(18)22;/h4-14,16,22H,3,15H2,1-2H3;1H. The molecule has 3 rings (SSSR count). The van der Waals surface area contributed by atoms with Gasteiger partial charge in [0.15, 0.2) is 0 Å². The van der Waals surface area contributed by atoms with Crippen LogP contribution in [0, 0.1) is 5.92 Å². The molecule has 2 unspecified atom stereocenters. The minimum Gasteiger partial charge on any atom is -0.508 e. The normalized spacial score (nSPS) is 25.9. The Balaban J connectivity index is 0.00000192. The largest absolute Gasteiger partial charge is 0.508 e.